The minimum atomic E-state index is -0.436. The van der Waals surface area contributed by atoms with E-state index in [2.05, 4.69) is 34.6 Å². The lowest BCUT2D eigenvalue weighted by Crippen LogP contribution is -2.38. The van der Waals surface area contributed by atoms with Gasteiger partial charge in [-0.15, -0.1) is 0 Å². The topological polar surface area (TPSA) is 45.5 Å². The van der Waals surface area contributed by atoms with Crippen LogP contribution in [-0.2, 0) is 13.0 Å². The predicted molar refractivity (Wildman–Crippen MR) is 100 cm³/mol. The Morgan fingerprint density at radius 2 is 1.88 bits per heavy atom. The van der Waals surface area contributed by atoms with Crippen LogP contribution in [0.15, 0.2) is 18.2 Å². The highest BCUT2D eigenvalue weighted by molar-refractivity contribution is 6.04. The standard InChI is InChI=1S/C21H28N2O2/c1-15-8-9-19-18(12-15)17-6-5-7-20(25)21(17)23(19)14-16(24)13-22-10-3-2-4-11-22/h8-9,12,16,24H,2-7,10-11,13-14H2,1H3/t16-/m0/s1. The Bertz CT molecular complexity index is 787. The van der Waals surface area contributed by atoms with Crippen LogP contribution in [0.25, 0.3) is 10.9 Å². The van der Waals surface area contributed by atoms with Gasteiger partial charge in [0.05, 0.1) is 18.3 Å². The Morgan fingerprint density at radius 1 is 1.08 bits per heavy atom. The number of likely N-dealkylation sites (tertiary alicyclic amines) is 1. The first-order valence-corrected chi connectivity index (χ1v) is 9.69. The second kappa shape index (κ2) is 6.93. The molecule has 2 aromatic rings. The molecule has 1 N–H and O–H groups in total. The Morgan fingerprint density at radius 3 is 2.68 bits per heavy atom. The quantitative estimate of drug-likeness (QED) is 0.929. The molecular formula is C21H28N2O2. The molecule has 0 radical (unpaired) electrons. The average molecular weight is 340 g/mol. The summed E-state index contributed by atoms with van der Waals surface area (Å²) >= 11 is 0. The third kappa shape index (κ3) is 3.25. The van der Waals surface area contributed by atoms with E-state index in [0.717, 1.165) is 37.1 Å². The largest absolute Gasteiger partial charge is 0.390 e. The van der Waals surface area contributed by atoms with E-state index in [-0.39, 0.29) is 5.78 Å². The molecule has 0 saturated carbocycles. The fourth-order valence-corrected chi connectivity index (χ4v) is 4.55. The van der Waals surface area contributed by atoms with Crippen LogP contribution in [0.3, 0.4) is 0 Å². The summed E-state index contributed by atoms with van der Waals surface area (Å²) in [5.41, 5.74) is 4.37. The molecule has 1 aromatic carbocycles. The van der Waals surface area contributed by atoms with Crippen LogP contribution in [0.1, 0.15) is 53.7 Å². The van der Waals surface area contributed by atoms with Crippen molar-refractivity contribution in [3.05, 3.63) is 35.0 Å². The maximum absolute atomic E-state index is 12.6. The number of aliphatic hydroxyl groups excluding tert-OH is 1. The number of aromatic nitrogens is 1. The van der Waals surface area contributed by atoms with E-state index in [1.807, 2.05) is 0 Å². The number of benzene rings is 1. The molecule has 1 aromatic heterocycles. The molecule has 1 saturated heterocycles. The Kier molecular flexibility index (Phi) is 4.65. The van der Waals surface area contributed by atoms with Crippen LogP contribution in [0.5, 0.6) is 0 Å². The summed E-state index contributed by atoms with van der Waals surface area (Å²) in [6.07, 6.45) is 5.86. The van der Waals surface area contributed by atoms with Gasteiger partial charge in [0, 0.05) is 23.9 Å². The van der Waals surface area contributed by atoms with Gasteiger partial charge >= 0.3 is 0 Å². The summed E-state index contributed by atoms with van der Waals surface area (Å²) in [7, 11) is 0. The molecule has 1 fully saturated rings. The molecular weight excluding hydrogens is 312 g/mol. The van der Waals surface area contributed by atoms with E-state index in [4.69, 9.17) is 0 Å². The summed E-state index contributed by atoms with van der Waals surface area (Å²) < 4.78 is 2.10. The van der Waals surface area contributed by atoms with Crippen molar-refractivity contribution in [3.8, 4) is 0 Å². The second-order valence-corrected chi connectivity index (χ2v) is 7.75. The third-order valence-electron chi connectivity index (χ3n) is 5.73. The summed E-state index contributed by atoms with van der Waals surface area (Å²) in [6.45, 7) is 5.48. The normalized spacial score (nSPS) is 20.0. The molecule has 1 aliphatic carbocycles. The highest BCUT2D eigenvalue weighted by Gasteiger charge is 2.27. The second-order valence-electron chi connectivity index (χ2n) is 7.75. The van der Waals surface area contributed by atoms with Crippen molar-refractivity contribution in [2.24, 2.45) is 0 Å². The summed E-state index contributed by atoms with van der Waals surface area (Å²) in [6, 6.07) is 6.41. The monoisotopic (exact) mass is 340 g/mol. The maximum Gasteiger partial charge on any atom is 0.179 e. The predicted octanol–water partition coefficient (Wildman–Crippen LogP) is 3.32. The highest BCUT2D eigenvalue weighted by atomic mass is 16.3. The van der Waals surface area contributed by atoms with Crippen molar-refractivity contribution in [2.45, 2.75) is 58.1 Å². The molecule has 4 nitrogen and oxygen atoms in total. The SMILES string of the molecule is Cc1ccc2c(c1)c1c(n2C[C@@H](O)CN2CCCCC2)C(=O)CCC1. The number of ketones is 1. The van der Waals surface area contributed by atoms with E-state index in [1.54, 1.807) is 0 Å². The highest BCUT2D eigenvalue weighted by Crippen LogP contribution is 2.33. The number of β-amino-alcohol motifs (C(OH)–C–C–N with tert-alkyl or cyclic N) is 1. The van der Waals surface area contributed by atoms with Crippen LogP contribution < -0.4 is 0 Å². The van der Waals surface area contributed by atoms with E-state index in [1.165, 1.54) is 35.8 Å². The first-order valence-electron chi connectivity index (χ1n) is 9.69. The lowest BCUT2D eigenvalue weighted by molar-refractivity contribution is 0.0860. The van der Waals surface area contributed by atoms with E-state index in [0.29, 0.717) is 19.5 Å². The zero-order valence-corrected chi connectivity index (χ0v) is 15.1. The van der Waals surface area contributed by atoms with Gasteiger partial charge in [-0.1, -0.05) is 18.1 Å². The van der Waals surface area contributed by atoms with Crippen molar-refractivity contribution >= 4 is 16.7 Å². The van der Waals surface area contributed by atoms with Crippen LogP contribution in [0, 0.1) is 6.92 Å². The van der Waals surface area contributed by atoms with Crippen LogP contribution in [-0.4, -0.2) is 46.1 Å². The number of rotatable bonds is 4. The summed E-state index contributed by atoms with van der Waals surface area (Å²) in [4.78, 5) is 15.0. The van der Waals surface area contributed by atoms with Crippen molar-refractivity contribution in [1.29, 1.82) is 0 Å². The molecule has 0 unspecified atom stereocenters. The molecule has 0 amide bonds. The van der Waals surface area contributed by atoms with E-state index in [9.17, 15) is 9.90 Å². The number of fused-ring (bicyclic) bond motifs is 3. The van der Waals surface area contributed by atoms with Gasteiger partial charge in [-0.25, -0.2) is 0 Å². The van der Waals surface area contributed by atoms with Crippen LogP contribution in [0.2, 0.25) is 0 Å². The molecule has 1 atom stereocenters. The van der Waals surface area contributed by atoms with E-state index < -0.39 is 6.10 Å². The van der Waals surface area contributed by atoms with Crippen LogP contribution in [0.4, 0.5) is 0 Å². The van der Waals surface area contributed by atoms with Gasteiger partial charge in [0.2, 0.25) is 0 Å². The zero-order valence-electron chi connectivity index (χ0n) is 15.1. The van der Waals surface area contributed by atoms with Crippen molar-refractivity contribution in [3.63, 3.8) is 0 Å². The summed E-state index contributed by atoms with van der Waals surface area (Å²) in [5.74, 6) is 0.236. The Hall–Kier alpha value is -1.65. The third-order valence-corrected chi connectivity index (χ3v) is 5.73. The number of Topliss-reactive ketones (excluding diaryl/α,β-unsaturated/α-hetero) is 1. The molecule has 2 aliphatic rings. The lowest BCUT2D eigenvalue weighted by atomic mass is 9.94. The van der Waals surface area contributed by atoms with Gasteiger partial charge in [0.15, 0.2) is 5.78 Å². The first kappa shape index (κ1) is 16.8. The molecule has 4 heteroatoms. The van der Waals surface area contributed by atoms with Gasteiger partial charge in [-0.05, 0) is 63.4 Å². The summed E-state index contributed by atoms with van der Waals surface area (Å²) in [5, 5.41) is 11.9. The zero-order chi connectivity index (χ0) is 17.4. The number of nitrogens with zero attached hydrogens (tertiary/aromatic N) is 2. The van der Waals surface area contributed by atoms with Crippen molar-refractivity contribution < 1.29 is 9.90 Å². The van der Waals surface area contributed by atoms with Gasteiger partial charge in [0.25, 0.3) is 0 Å². The average Bonchev–Trinajstić information content (AvgIpc) is 2.90. The molecule has 2 heterocycles. The minimum absolute atomic E-state index is 0.236. The molecule has 25 heavy (non-hydrogen) atoms. The number of aryl methyl sites for hydroxylation is 2. The number of hydrogen-bond acceptors (Lipinski definition) is 3. The smallest absolute Gasteiger partial charge is 0.179 e. The van der Waals surface area contributed by atoms with Crippen molar-refractivity contribution in [2.75, 3.05) is 19.6 Å². The Labute approximate surface area is 149 Å². The Balaban J connectivity index is 1.66. The van der Waals surface area contributed by atoms with Gasteiger partial charge in [-0.2, -0.15) is 0 Å². The number of aliphatic hydroxyl groups is 1. The molecule has 1 aliphatic heterocycles. The number of carbonyl (C=O) groups excluding carboxylic acids is 1. The molecule has 0 spiro atoms. The number of hydrogen-bond donors (Lipinski definition) is 1. The minimum Gasteiger partial charge on any atom is -0.390 e. The van der Waals surface area contributed by atoms with Gasteiger partial charge in [-0.3, -0.25) is 4.79 Å². The number of carbonyl (C=O) groups is 1. The van der Waals surface area contributed by atoms with Crippen LogP contribution >= 0.6 is 0 Å². The molecule has 134 valence electrons. The maximum atomic E-state index is 12.6. The lowest BCUT2D eigenvalue weighted by Gasteiger charge is -2.29. The fourth-order valence-electron chi connectivity index (χ4n) is 4.55. The van der Waals surface area contributed by atoms with Gasteiger partial charge in [0.1, 0.15) is 0 Å². The fraction of sp³-hybridized carbons (Fsp3) is 0.571. The molecule has 0 bridgehead atoms. The van der Waals surface area contributed by atoms with Gasteiger partial charge < -0.3 is 14.6 Å². The van der Waals surface area contributed by atoms with Crippen molar-refractivity contribution in [1.82, 2.24) is 9.47 Å². The number of piperidine rings is 1. The molecule has 4 rings (SSSR count). The first-order chi connectivity index (χ1) is 12.1. The van der Waals surface area contributed by atoms with E-state index >= 15 is 0 Å².